The largest absolute Gasteiger partial charge is 0.352 e. The van der Waals surface area contributed by atoms with Crippen LogP contribution >= 0.6 is 11.3 Å². The van der Waals surface area contributed by atoms with Gasteiger partial charge in [0.15, 0.2) is 5.13 Å². The number of nitrogens with zero attached hydrogens (tertiary/aromatic N) is 2. The predicted molar refractivity (Wildman–Crippen MR) is 98.7 cm³/mol. The van der Waals surface area contributed by atoms with Crippen LogP contribution in [0.1, 0.15) is 34.1 Å². The van der Waals surface area contributed by atoms with E-state index in [0.29, 0.717) is 10.7 Å². The molecule has 1 fully saturated rings. The van der Waals surface area contributed by atoms with Crippen molar-refractivity contribution in [2.45, 2.75) is 32.9 Å². The fraction of sp³-hybridized carbons (Fsp3) is 0.389. The number of aromatic nitrogens is 1. The summed E-state index contributed by atoms with van der Waals surface area (Å²) in [7, 11) is 0. The normalized spacial score (nSPS) is 17.4. The first-order valence-corrected chi connectivity index (χ1v) is 9.13. The van der Waals surface area contributed by atoms with E-state index in [1.807, 2.05) is 31.2 Å². The zero-order valence-corrected chi connectivity index (χ0v) is 15.2. The van der Waals surface area contributed by atoms with E-state index in [-0.39, 0.29) is 17.9 Å². The number of nitrogens with one attached hydrogen (secondary N) is 2. The van der Waals surface area contributed by atoms with Gasteiger partial charge in [-0.25, -0.2) is 4.98 Å². The highest BCUT2D eigenvalue weighted by Gasteiger charge is 2.23. The summed E-state index contributed by atoms with van der Waals surface area (Å²) in [5.41, 5.74) is 1.72. The predicted octanol–water partition coefficient (Wildman–Crippen LogP) is 2.41. The molecule has 0 aliphatic carbocycles. The van der Waals surface area contributed by atoms with E-state index in [4.69, 9.17) is 0 Å². The van der Waals surface area contributed by atoms with Crippen molar-refractivity contribution in [2.75, 3.05) is 18.4 Å². The second-order valence-corrected chi connectivity index (χ2v) is 7.59. The number of carbonyl (C=O) groups is 2. The van der Waals surface area contributed by atoms with Gasteiger partial charge in [-0.3, -0.25) is 19.8 Å². The van der Waals surface area contributed by atoms with Crippen molar-refractivity contribution in [2.24, 2.45) is 0 Å². The molecule has 0 bridgehead atoms. The van der Waals surface area contributed by atoms with E-state index in [9.17, 15) is 9.59 Å². The van der Waals surface area contributed by atoms with Crippen LogP contribution in [0.3, 0.4) is 0 Å². The van der Waals surface area contributed by atoms with Crippen molar-refractivity contribution in [1.29, 1.82) is 0 Å². The lowest BCUT2D eigenvalue weighted by atomic mass is 10.1. The molecule has 1 unspecified atom stereocenters. The summed E-state index contributed by atoms with van der Waals surface area (Å²) >= 11 is 1.46. The number of aryl methyl sites for hydroxylation is 1. The van der Waals surface area contributed by atoms with E-state index < -0.39 is 0 Å². The Morgan fingerprint density at radius 2 is 2.24 bits per heavy atom. The van der Waals surface area contributed by atoms with Crippen molar-refractivity contribution in [3.8, 4) is 0 Å². The number of hydrogen-bond acceptors (Lipinski definition) is 5. The maximum Gasteiger partial charge on any atom is 0.257 e. The molecule has 0 radical (unpaired) electrons. The van der Waals surface area contributed by atoms with E-state index in [1.165, 1.54) is 11.3 Å². The van der Waals surface area contributed by atoms with Crippen molar-refractivity contribution in [3.63, 3.8) is 0 Å². The number of hydrogen-bond donors (Lipinski definition) is 2. The summed E-state index contributed by atoms with van der Waals surface area (Å²) in [5.74, 6) is -0.128. The highest BCUT2D eigenvalue weighted by Crippen LogP contribution is 2.19. The highest BCUT2D eigenvalue weighted by molar-refractivity contribution is 7.15. The van der Waals surface area contributed by atoms with Gasteiger partial charge >= 0.3 is 0 Å². The zero-order valence-electron chi connectivity index (χ0n) is 14.4. The van der Waals surface area contributed by atoms with Gasteiger partial charge in [0.25, 0.3) is 5.91 Å². The molecule has 6 nitrogen and oxygen atoms in total. The molecule has 1 aliphatic heterocycles. The molecular formula is C18H22N4O2S. The highest BCUT2D eigenvalue weighted by atomic mass is 32.1. The summed E-state index contributed by atoms with van der Waals surface area (Å²) in [6.07, 6.45) is 2.71. The molecule has 25 heavy (non-hydrogen) atoms. The minimum absolute atomic E-state index is 0.0166. The SMILES string of the molecule is CC(=O)NC1CCN(Cc2cccc(C(=O)Nc3ncc(C)s3)c2)C1. The lowest BCUT2D eigenvalue weighted by molar-refractivity contribution is -0.119. The number of carbonyl (C=O) groups excluding carboxylic acids is 2. The Balaban J connectivity index is 1.60. The van der Waals surface area contributed by atoms with Gasteiger partial charge in [0.2, 0.25) is 5.91 Å². The number of benzene rings is 1. The van der Waals surface area contributed by atoms with Crippen LogP contribution in [0.5, 0.6) is 0 Å². The first-order valence-electron chi connectivity index (χ1n) is 8.32. The maximum atomic E-state index is 12.4. The van der Waals surface area contributed by atoms with Crippen LogP contribution in [0, 0.1) is 6.92 Å². The second-order valence-electron chi connectivity index (χ2n) is 6.35. The molecule has 1 aromatic heterocycles. The van der Waals surface area contributed by atoms with Crippen molar-refractivity contribution in [3.05, 3.63) is 46.5 Å². The molecule has 2 aromatic rings. The molecule has 1 saturated heterocycles. The summed E-state index contributed by atoms with van der Waals surface area (Å²) in [6.45, 7) is 6.06. The maximum absolute atomic E-state index is 12.4. The van der Waals surface area contributed by atoms with Crippen molar-refractivity contribution in [1.82, 2.24) is 15.2 Å². The first kappa shape index (κ1) is 17.6. The van der Waals surface area contributed by atoms with Crippen LogP contribution in [0.2, 0.25) is 0 Å². The molecule has 2 heterocycles. The minimum Gasteiger partial charge on any atom is -0.352 e. The van der Waals surface area contributed by atoms with E-state index in [0.717, 1.165) is 36.5 Å². The summed E-state index contributed by atoms with van der Waals surface area (Å²) in [4.78, 5) is 31.1. The van der Waals surface area contributed by atoms with Crippen molar-refractivity contribution < 1.29 is 9.59 Å². The lowest BCUT2D eigenvalue weighted by Crippen LogP contribution is -2.35. The van der Waals surface area contributed by atoms with Crippen LogP contribution in [-0.2, 0) is 11.3 Å². The molecular weight excluding hydrogens is 336 g/mol. The van der Waals surface area contributed by atoms with Gasteiger partial charge in [-0.1, -0.05) is 12.1 Å². The number of anilines is 1. The van der Waals surface area contributed by atoms with E-state index in [2.05, 4.69) is 20.5 Å². The van der Waals surface area contributed by atoms with Gasteiger partial charge < -0.3 is 5.32 Å². The van der Waals surface area contributed by atoms with Gasteiger partial charge in [-0.15, -0.1) is 11.3 Å². The average molecular weight is 358 g/mol. The Labute approximate surface area is 151 Å². The topological polar surface area (TPSA) is 74.3 Å². The first-order chi connectivity index (χ1) is 12.0. The molecule has 2 amide bonds. The molecule has 7 heteroatoms. The Bertz CT molecular complexity index is 774. The second kappa shape index (κ2) is 7.76. The monoisotopic (exact) mass is 358 g/mol. The third-order valence-corrected chi connectivity index (χ3v) is 4.95. The minimum atomic E-state index is -0.145. The molecule has 0 saturated carbocycles. The Morgan fingerprint density at radius 3 is 2.96 bits per heavy atom. The van der Waals surface area contributed by atoms with Gasteiger partial charge in [-0.05, 0) is 31.0 Å². The molecule has 1 atom stereocenters. The summed E-state index contributed by atoms with van der Waals surface area (Å²) in [5, 5.41) is 6.42. The molecule has 1 aromatic carbocycles. The molecule has 1 aliphatic rings. The zero-order chi connectivity index (χ0) is 17.8. The number of likely N-dealkylation sites (tertiary alicyclic amines) is 1. The smallest absolute Gasteiger partial charge is 0.257 e. The average Bonchev–Trinajstić information content (AvgIpc) is 3.16. The Hall–Kier alpha value is -2.25. The third kappa shape index (κ3) is 4.87. The van der Waals surface area contributed by atoms with Crippen LogP contribution in [0.15, 0.2) is 30.5 Å². The standard InChI is InChI=1S/C18H22N4O2S/c1-12-9-19-18(25-12)21-17(24)15-5-3-4-14(8-15)10-22-7-6-16(11-22)20-13(2)23/h3-5,8-9,16H,6-7,10-11H2,1-2H3,(H,20,23)(H,19,21,24). The molecule has 0 spiro atoms. The van der Waals surface area contributed by atoms with Crippen LogP contribution in [0.25, 0.3) is 0 Å². The van der Waals surface area contributed by atoms with Gasteiger partial charge in [-0.2, -0.15) is 0 Å². The fourth-order valence-electron chi connectivity index (χ4n) is 3.03. The summed E-state index contributed by atoms with van der Waals surface area (Å²) in [6, 6.07) is 7.87. The molecule has 3 rings (SSSR count). The van der Waals surface area contributed by atoms with Crippen molar-refractivity contribution >= 4 is 28.3 Å². The van der Waals surface area contributed by atoms with E-state index in [1.54, 1.807) is 13.1 Å². The lowest BCUT2D eigenvalue weighted by Gasteiger charge is -2.16. The molecule has 132 valence electrons. The Morgan fingerprint density at radius 1 is 1.40 bits per heavy atom. The Kier molecular flexibility index (Phi) is 5.45. The number of rotatable bonds is 5. The molecule has 2 N–H and O–H groups in total. The van der Waals surface area contributed by atoms with Gasteiger partial charge in [0.05, 0.1) is 0 Å². The fourth-order valence-corrected chi connectivity index (χ4v) is 3.69. The number of thiazole rings is 1. The summed E-state index contributed by atoms with van der Waals surface area (Å²) < 4.78 is 0. The van der Waals surface area contributed by atoms with Crippen LogP contribution in [-0.4, -0.2) is 40.8 Å². The van der Waals surface area contributed by atoms with E-state index >= 15 is 0 Å². The van der Waals surface area contributed by atoms with Crippen LogP contribution < -0.4 is 10.6 Å². The van der Waals surface area contributed by atoms with Crippen LogP contribution in [0.4, 0.5) is 5.13 Å². The third-order valence-electron chi connectivity index (χ3n) is 4.12. The van der Waals surface area contributed by atoms with Gasteiger partial charge in [0.1, 0.15) is 0 Å². The van der Waals surface area contributed by atoms with Gasteiger partial charge in [0, 0.05) is 49.2 Å². The quantitative estimate of drug-likeness (QED) is 0.861. The number of amides is 2.